The van der Waals surface area contributed by atoms with E-state index in [0.717, 1.165) is 29.2 Å². The third-order valence-electron chi connectivity index (χ3n) is 4.66. The molecule has 1 aliphatic carbocycles. The second-order valence-electron chi connectivity index (χ2n) is 6.14. The maximum Gasteiger partial charge on any atom is 0.230 e. The number of fused-ring (bicyclic) bond motifs is 1. The van der Waals surface area contributed by atoms with E-state index in [4.69, 9.17) is 9.47 Å². The summed E-state index contributed by atoms with van der Waals surface area (Å²) in [6.45, 7) is 3.83. The fourth-order valence-electron chi connectivity index (χ4n) is 3.32. The fourth-order valence-corrected chi connectivity index (χ4v) is 3.32. The number of ether oxygens (including phenoxy) is 2. The van der Waals surface area contributed by atoms with Gasteiger partial charge in [0, 0.05) is 30.5 Å². The van der Waals surface area contributed by atoms with Gasteiger partial charge < -0.3 is 14.4 Å². The van der Waals surface area contributed by atoms with Gasteiger partial charge >= 0.3 is 0 Å². The largest absolute Gasteiger partial charge is 0.486 e. The molecule has 2 atom stereocenters. The molecule has 1 saturated carbocycles. The Bertz CT molecular complexity index is 748. The lowest BCUT2D eigenvalue weighted by Gasteiger charge is -2.21. The normalized spacial score (nSPS) is 21.2. The molecular weight excluding hydrogens is 304 g/mol. The molecule has 2 aromatic rings. The van der Waals surface area contributed by atoms with E-state index in [1.165, 1.54) is 0 Å². The highest BCUT2D eigenvalue weighted by molar-refractivity contribution is 5.97. The summed E-state index contributed by atoms with van der Waals surface area (Å²) in [6, 6.07) is 9.78. The van der Waals surface area contributed by atoms with Crippen molar-refractivity contribution in [3.8, 4) is 11.5 Å². The van der Waals surface area contributed by atoms with E-state index in [9.17, 15) is 4.79 Å². The van der Waals surface area contributed by atoms with Crippen LogP contribution in [-0.2, 0) is 4.79 Å². The van der Waals surface area contributed by atoms with Crippen LogP contribution in [0.3, 0.4) is 0 Å². The third-order valence-corrected chi connectivity index (χ3v) is 4.66. The first-order chi connectivity index (χ1) is 11.8. The van der Waals surface area contributed by atoms with Gasteiger partial charge in [0.05, 0.1) is 0 Å². The van der Waals surface area contributed by atoms with Crippen LogP contribution in [0.15, 0.2) is 42.7 Å². The van der Waals surface area contributed by atoms with E-state index >= 15 is 0 Å². The van der Waals surface area contributed by atoms with Crippen molar-refractivity contribution >= 4 is 11.6 Å². The van der Waals surface area contributed by atoms with Crippen molar-refractivity contribution in [1.29, 1.82) is 0 Å². The van der Waals surface area contributed by atoms with Crippen molar-refractivity contribution in [3.05, 3.63) is 48.3 Å². The predicted octanol–water partition coefficient (Wildman–Crippen LogP) is 3.01. The van der Waals surface area contributed by atoms with Crippen LogP contribution in [0.5, 0.6) is 11.5 Å². The van der Waals surface area contributed by atoms with Crippen molar-refractivity contribution in [2.45, 2.75) is 19.3 Å². The van der Waals surface area contributed by atoms with Crippen LogP contribution < -0.4 is 14.4 Å². The summed E-state index contributed by atoms with van der Waals surface area (Å²) in [5.41, 5.74) is 2.06. The number of anilines is 1. The second-order valence-corrected chi connectivity index (χ2v) is 6.14. The minimum atomic E-state index is 0.0423. The van der Waals surface area contributed by atoms with Gasteiger partial charge in [0.1, 0.15) is 13.2 Å². The Labute approximate surface area is 141 Å². The van der Waals surface area contributed by atoms with Crippen LogP contribution in [0.4, 0.5) is 5.69 Å². The van der Waals surface area contributed by atoms with E-state index in [2.05, 4.69) is 4.98 Å². The van der Waals surface area contributed by atoms with Crippen molar-refractivity contribution in [1.82, 2.24) is 4.98 Å². The molecule has 124 valence electrons. The summed E-state index contributed by atoms with van der Waals surface area (Å²) in [5, 5.41) is 0. The van der Waals surface area contributed by atoms with Gasteiger partial charge in [0.2, 0.25) is 5.91 Å². The zero-order chi connectivity index (χ0) is 16.5. The van der Waals surface area contributed by atoms with Crippen LogP contribution in [0, 0.1) is 5.92 Å². The first kappa shape index (κ1) is 15.0. The number of carbonyl (C=O) groups excluding carboxylic acids is 1. The minimum Gasteiger partial charge on any atom is -0.486 e. The molecule has 0 saturated heterocycles. The van der Waals surface area contributed by atoms with Crippen LogP contribution in [-0.4, -0.2) is 30.6 Å². The van der Waals surface area contributed by atoms with Crippen molar-refractivity contribution in [2.24, 2.45) is 5.92 Å². The summed E-state index contributed by atoms with van der Waals surface area (Å²) in [5.74, 6) is 2.08. The van der Waals surface area contributed by atoms with Crippen molar-refractivity contribution in [2.75, 3.05) is 24.7 Å². The zero-order valence-corrected chi connectivity index (χ0v) is 13.6. The molecule has 0 N–H and O–H groups in total. The maximum absolute atomic E-state index is 12.9. The molecule has 0 unspecified atom stereocenters. The Balaban J connectivity index is 1.50. The summed E-state index contributed by atoms with van der Waals surface area (Å²) < 4.78 is 11.2. The number of carbonyl (C=O) groups is 1. The molecule has 0 bridgehead atoms. The Morgan fingerprint density at radius 2 is 1.92 bits per heavy atom. The third kappa shape index (κ3) is 2.70. The molecule has 2 heterocycles. The highest BCUT2D eigenvalue weighted by atomic mass is 16.6. The van der Waals surface area contributed by atoms with E-state index in [-0.39, 0.29) is 17.7 Å². The predicted molar refractivity (Wildman–Crippen MR) is 90.5 cm³/mol. The van der Waals surface area contributed by atoms with Gasteiger partial charge in [-0.3, -0.25) is 9.78 Å². The Hall–Kier alpha value is -2.56. The summed E-state index contributed by atoms with van der Waals surface area (Å²) in [6.07, 6.45) is 4.33. The van der Waals surface area contributed by atoms with Gasteiger partial charge in [-0.25, -0.2) is 0 Å². The van der Waals surface area contributed by atoms with Gasteiger partial charge in [0.15, 0.2) is 11.5 Å². The molecule has 0 radical (unpaired) electrons. The summed E-state index contributed by atoms with van der Waals surface area (Å²) in [7, 11) is 0. The van der Waals surface area contributed by atoms with Gasteiger partial charge in [-0.1, -0.05) is 6.07 Å². The highest BCUT2D eigenvalue weighted by Gasteiger charge is 2.46. The first-order valence-corrected chi connectivity index (χ1v) is 8.39. The molecule has 1 amide bonds. The summed E-state index contributed by atoms with van der Waals surface area (Å²) in [4.78, 5) is 18.7. The second kappa shape index (κ2) is 6.15. The molecule has 1 aromatic carbocycles. The number of pyridine rings is 1. The Morgan fingerprint density at radius 3 is 2.67 bits per heavy atom. The molecule has 4 rings (SSSR count). The number of rotatable bonds is 4. The molecule has 2 aliphatic rings. The van der Waals surface area contributed by atoms with Crippen LogP contribution in [0.1, 0.15) is 24.8 Å². The lowest BCUT2D eigenvalue weighted by Crippen LogP contribution is -2.32. The standard InChI is InChI=1S/C19H20N2O3/c1-2-21(14-5-7-20-8-6-14)19(22)16-12-15(16)13-3-4-17-18(11-13)24-10-9-23-17/h3-8,11,15-16H,2,9-10,12H2,1H3/t15-,16-/m1/s1. The molecular formula is C19H20N2O3. The number of benzene rings is 1. The fraction of sp³-hybridized carbons (Fsp3) is 0.368. The minimum absolute atomic E-state index is 0.0423. The molecule has 0 spiro atoms. The molecule has 1 aliphatic heterocycles. The highest BCUT2D eigenvalue weighted by Crippen LogP contribution is 2.50. The van der Waals surface area contributed by atoms with Gasteiger partial charge in [-0.05, 0) is 49.1 Å². The number of nitrogens with zero attached hydrogens (tertiary/aromatic N) is 2. The van der Waals surface area contributed by atoms with Crippen molar-refractivity contribution in [3.63, 3.8) is 0 Å². The molecule has 5 heteroatoms. The van der Waals surface area contributed by atoms with Gasteiger partial charge in [-0.2, -0.15) is 0 Å². The van der Waals surface area contributed by atoms with Gasteiger partial charge in [-0.15, -0.1) is 0 Å². The van der Waals surface area contributed by atoms with Crippen LogP contribution in [0.25, 0.3) is 0 Å². The monoisotopic (exact) mass is 324 g/mol. The summed E-state index contributed by atoms with van der Waals surface area (Å²) >= 11 is 0. The zero-order valence-electron chi connectivity index (χ0n) is 13.6. The number of amides is 1. The molecule has 1 aromatic heterocycles. The first-order valence-electron chi connectivity index (χ1n) is 8.39. The van der Waals surface area contributed by atoms with E-state index in [0.29, 0.717) is 19.8 Å². The molecule has 5 nitrogen and oxygen atoms in total. The lowest BCUT2D eigenvalue weighted by atomic mass is 10.1. The molecule has 1 fully saturated rings. The van der Waals surface area contributed by atoms with E-state index < -0.39 is 0 Å². The topological polar surface area (TPSA) is 51.7 Å². The number of hydrogen-bond acceptors (Lipinski definition) is 4. The SMILES string of the molecule is CCN(C(=O)[C@@H]1C[C@@H]1c1ccc2c(c1)OCCO2)c1ccncc1. The van der Waals surface area contributed by atoms with E-state index in [1.807, 2.05) is 42.2 Å². The van der Waals surface area contributed by atoms with Gasteiger partial charge in [0.25, 0.3) is 0 Å². The smallest absolute Gasteiger partial charge is 0.230 e. The molecule has 24 heavy (non-hydrogen) atoms. The van der Waals surface area contributed by atoms with Crippen LogP contribution in [0.2, 0.25) is 0 Å². The van der Waals surface area contributed by atoms with Crippen LogP contribution >= 0.6 is 0 Å². The maximum atomic E-state index is 12.9. The number of aromatic nitrogens is 1. The lowest BCUT2D eigenvalue weighted by molar-refractivity contribution is -0.119. The quantitative estimate of drug-likeness (QED) is 0.867. The van der Waals surface area contributed by atoms with Crippen molar-refractivity contribution < 1.29 is 14.3 Å². The average Bonchev–Trinajstić information content (AvgIpc) is 3.43. The average molecular weight is 324 g/mol. The van der Waals surface area contributed by atoms with E-state index in [1.54, 1.807) is 12.4 Å². The Morgan fingerprint density at radius 1 is 1.17 bits per heavy atom. The Kier molecular flexibility index (Phi) is 3.84. The number of hydrogen-bond donors (Lipinski definition) is 0.